The van der Waals surface area contributed by atoms with Gasteiger partial charge in [-0.3, -0.25) is 0 Å². The molecule has 6 nitrogen and oxygen atoms in total. The lowest BCUT2D eigenvalue weighted by molar-refractivity contribution is -0.137. The Morgan fingerprint density at radius 1 is 0.839 bits per heavy atom. The Morgan fingerprint density at radius 3 is 2.39 bits per heavy atom. The summed E-state index contributed by atoms with van der Waals surface area (Å²) < 4.78 is 59.3. The van der Waals surface area contributed by atoms with Crippen LogP contribution in [-0.4, -0.2) is 24.8 Å². The largest absolute Gasteiger partial charge is 0.416 e. The van der Waals surface area contributed by atoms with E-state index in [0.717, 1.165) is 17.7 Å². The number of rotatable bonds is 3. The average Bonchev–Trinajstić information content (AvgIpc) is 3.41. The monoisotopic (exact) mass is 425 g/mol. The average molecular weight is 425 g/mol. The molecule has 10 heteroatoms. The van der Waals surface area contributed by atoms with E-state index in [1.165, 1.54) is 28.8 Å². The van der Waals surface area contributed by atoms with E-state index in [1.54, 1.807) is 30.5 Å². The first kappa shape index (κ1) is 18.9. The van der Waals surface area contributed by atoms with Crippen LogP contribution in [-0.2, 0) is 6.18 Å². The fourth-order valence-electron chi connectivity index (χ4n) is 3.11. The van der Waals surface area contributed by atoms with Crippen LogP contribution >= 0.6 is 0 Å². The first-order chi connectivity index (χ1) is 14.9. The maximum absolute atomic E-state index is 13.2. The Kier molecular flexibility index (Phi) is 4.28. The minimum Gasteiger partial charge on any atom is -0.415 e. The van der Waals surface area contributed by atoms with E-state index in [-0.39, 0.29) is 23.2 Å². The standard InChI is InChI=1S/C21H11F4N5O/c22-15-6-4-12(5-7-15)17-8-9-26-18-11-16(29-30(17)18)20-28-27-19(31-20)13-2-1-3-14(10-13)21(23,24)25/h1-11H. The lowest BCUT2D eigenvalue weighted by atomic mass is 10.1. The Morgan fingerprint density at radius 2 is 1.61 bits per heavy atom. The van der Waals surface area contributed by atoms with Gasteiger partial charge in [-0.2, -0.15) is 18.3 Å². The van der Waals surface area contributed by atoms with E-state index in [2.05, 4.69) is 20.3 Å². The van der Waals surface area contributed by atoms with E-state index in [0.29, 0.717) is 17.0 Å². The lowest BCUT2D eigenvalue weighted by Gasteiger charge is -2.06. The number of halogens is 4. The molecule has 3 aromatic heterocycles. The summed E-state index contributed by atoms with van der Waals surface area (Å²) in [5, 5.41) is 12.2. The summed E-state index contributed by atoms with van der Waals surface area (Å²) in [7, 11) is 0. The molecule has 3 heterocycles. The SMILES string of the molecule is Fc1ccc(-c2ccnc3cc(-c4nnc(-c5cccc(C(F)(F)F)c5)o4)nn23)cc1. The van der Waals surface area contributed by atoms with Crippen LogP contribution in [0.15, 0.2) is 71.3 Å². The van der Waals surface area contributed by atoms with Crippen molar-refractivity contribution in [1.29, 1.82) is 0 Å². The molecule has 0 N–H and O–H groups in total. The van der Waals surface area contributed by atoms with E-state index in [4.69, 9.17) is 4.42 Å². The molecule has 0 spiro atoms. The highest BCUT2D eigenvalue weighted by Crippen LogP contribution is 2.32. The summed E-state index contributed by atoms with van der Waals surface area (Å²) in [6, 6.07) is 13.9. The minimum atomic E-state index is -4.48. The predicted octanol–water partition coefficient (Wildman–Crippen LogP) is 5.27. The summed E-state index contributed by atoms with van der Waals surface area (Å²) in [6.07, 6.45) is -2.90. The molecule has 2 aromatic carbocycles. The number of aromatic nitrogens is 5. The van der Waals surface area contributed by atoms with E-state index < -0.39 is 11.7 Å². The van der Waals surface area contributed by atoms with Gasteiger partial charge < -0.3 is 4.42 Å². The van der Waals surface area contributed by atoms with Crippen LogP contribution < -0.4 is 0 Å². The summed E-state index contributed by atoms with van der Waals surface area (Å²) in [5.41, 5.74) is 1.49. The minimum absolute atomic E-state index is 0.0305. The number of hydrogen-bond acceptors (Lipinski definition) is 5. The number of fused-ring (bicyclic) bond motifs is 1. The quantitative estimate of drug-likeness (QED) is 0.368. The normalized spacial score (nSPS) is 11.9. The molecule has 0 aliphatic rings. The highest BCUT2D eigenvalue weighted by Gasteiger charge is 2.31. The van der Waals surface area contributed by atoms with E-state index >= 15 is 0 Å². The molecule has 5 rings (SSSR count). The Labute approximate surface area is 171 Å². The van der Waals surface area contributed by atoms with Crippen LogP contribution in [0, 0.1) is 5.82 Å². The first-order valence-electron chi connectivity index (χ1n) is 9.01. The maximum atomic E-state index is 13.2. The lowest BCUT2D eigenvalue weighted by Crippen LogP contribution is -2.04. The fourth-order valence-corrected chi connectivity index (χ4v) is 3.11. The van der Waals surface area contributed by atoms with E-state index in [1.807, 2.05) is 0 Å². The van der Waals surface area contributed by atoms with Gasteiger partial charge in [0.05, 0.1) is 11.3 Å². The van der Waals surface area contributed by atoms with Gasteiger partial charge in [0, 0.05) is 23.4 Å². The van der Waals surface area contributed by atoms with Crippen molar-refractivity contribution in [3.05, 3.63) is 78.2 Å². The topological polar surface area (TPSA) is 69.1 Å². The number of benzene rings is 2. The van der Waals surface area contributed by atoms with Gasteiger partial charge in [-0.05, 0) is 48.5 Å². The van der Waals surface area contributed by atoms with Crippen molar-refractivity contribution in [3.63, 3.8) is 0 Å². The van der Waals surface area contributed by atoms with E-state index in [9.17, 15) is 17.6 Å². The molecule has 5 aromatic rings. The summed E-state index contributed by atoms with van der Waals surface area (Å²) >= 11 is 0. The molecule has 0 saturated heterocycles. The van der Waals surface area contributed by atoms with Gasteiger partial charge in [-0.25, -0.2) is 13.9 Å². The molecule has 0 atom stereocenters. The van der Waals surface area contributed by atoms with Gasteiger partial charge in [0.15, 0.2) is 11.3 Å². The van der Waals surface area contributed by atoms with Gasteiger partial charge in [0.2, 0.25) is 5.89 Å². The predicted molar refractivity (Wildman–Crippen MR) is 102 cm³/mol. The summed E-state index contributed by atoms with van der Waals surface area (Å²) in [5.74, 6) is -0.393. The molecule has 0 saturated carbocycles. The second-order valence-electron chi connectivity index (χ2n) is 6.63. The highest BCUT2D eigenvalue weighted by molar-refractivity contribution is 5.66. The smallest absolute Gasteiger partial charge is 0.415 e. The molecule has 0 unspecified atom stereocenters. The Balaban J connectivity index is 1.54. The third-order valence-corrected chi connectivity index (χ3v) is 4.58. The second-order valence-corrected chi connectivity index (χ2v) is 6.63. The van der Waals surface area contributed by atoms with Crippen molar-refractivity contribution in [2.45, 2.75) is 6.18 Å². The maximum Gasteiger partial charge on any atom is 0.416 e. The van der Waals surface area contributed by atoms with Crippen molar-refractivity contribution < 1.29 is 22.0 Å². The molecule has 0 bridgehead atoms. The molecule has 0 amide bonds. The Hall–Kier alpha value is -4.08. The van der Waals surface area contributed by atoms with Gasteiger partial charge >= 0.3 is 6.18 Å². The molecule has 0 aliphatic carbocycles. The zero-order valence-electron chi connectivity index (χ0n) is 15.5. The molecule has 154 valence electrons. The van der Waals surface area contributed by atoms with Crippen molar-refractivity contribution in [2.75, 3.05) is 0 Å². The van der Waals surface area contributed by atoms with Crippen molar-refractivity contribution in [1.82, 2.24) is 24.8 Å². The van der Waals surface area contributed by atoms with Crippen LogP contribution in [0.2, 0.25) is 0 Å². The van der Waals surface area contributed by atoms with Crippen molar-refractivity contribution >= 4 is 5.65 Å². The van der Waals surface area contributed by atoms with Gasteiger partial charge in [0.1, 0.15) is 5.82 Å². The van der Waals surface area contributed by atoms with Crippen LogP contribution in [0.1, 0.15) is 5.56 Å². The van der Waals surface area contributed by atoms with Crippen LogP contribution in [0.3, 0.4) is 0 Å². The number of alkyl halides is 3. The Bertz CT molecular complexity index is 1390. The third-order valence-electron chi connectivity index (χ3n) is 4.58. The number of nitrogens with zero attached hydrogens (tertiary/aromatic N) is 5. The van der Waals surface area contributed by atoms with Crippen molar-refractivity contribution in [2.24, 2.45) is 0 Å². The summed E-state index contributed by atoms with van der Waals surface area (Å²) in [6.45, 7) is 0. The molecular weight excluding hydrogens is 414 g/mol. The fraction of sp³-hybridized carbons (Fsp3) is 0.0476. The zero-order valence-corrected chi connectivity index (χ0v) is 15.5. The third kappa shape index (κ3) is 3.52. The molecular formula is C21H11F4N5O. The highest BCUT2D eigenvalue weighted by atomic mass is 19.4. The van der Waals surface area contributed by atoms with Gasteiger partial charge in [-0.1, -0.05) is 6.07 Å². The number of hydrogen-bond donors (Lipinski definition) is 0. The van der Waals surface area contributed by atoms with Crippen LogP contribution in [0.25, 0.3) is 39.9 Å². The van der Waals surface area contributed by atoms with Gasteiger partial charge in [-0.15, -0.1) is 10.2 Å². The summed E-state index contributed by atoms with van der Waals surface area (Å²) in [4.78, 5) is 4.25. The van der Waals surface area contributed by atoms with Gasteiger partial charge in [0.25, 0.3) is 5.89 Å². The van der Waals surface area contributed by atoms with Crippen molar-refractivity contribution in [3.8, 4) is 34.3 Å². The van der Waals surface area contributed by atoms with Crippen LogP contribution in [0.4, 0.5) is 17.6 Å². The second kappa shape index (κ2) is 7.01. The zero-order chi connectivity index (χ0) is 21.6. The molecule has 0 radical (unpaired) electrons. The first-order valence-corrected chi connectivity index (χ1v) is 9.01. The molecule has 0 aliphatic heterocycles. The molecule has 31 heavy (non-hydrogen) atoms. The van der Waals surface area contributed by atoms with Crippen LogP contribution in [0.5, 0.6) is 0 Å². The molecule has 0 fully saturated rings.